The number of likely N-dealkylation sites (N-methyl/N-ethyl adjacent to an activating group) is 1. The summed E-state index contributed by atoms with van der Waals surface area (Å²) in [5, 5.41) is 2.79. The van der Waals surface area contributed by atoms with E-state index in [1.807, 2.05) is 13.8 Å². The highest BCUT2D eigenvalue weighted by Gasteiger charge is 2.18. The summed E-state index contributed by atoms with van der Waals surface area (Å²) in [6, 6.07) is 5.16. The molecule has 0 atom stereocenters. The molecule has 1 aromatic carbocycles. The van der Waals surface area contributed by atoms with E-state index in [4.69, 9.17) is 4.74 Å². The SMILES string of the molecule is COc1cc(Br)ccc1C(=O)N(C)CC(=O)NCC(C)C. The highest BCUT2D eigenvalue weighted by molar-refractivity contribution is 9.10. The van der Waals surface area contributed by atoms with Crippen LogP contribution >= 0.6 is 15.9 Å². The van der Waals surface area contributed by atoms with Crippen LogP contribution < -0.4 is 10.1 Å². The van der Waals surface area contributed by atoms with Gasteiger partial charge in [0.1, 0.15) is 5.75 Å². The van der Waals surface area contributed by atoms with E-state index < -0.39 is 0 Å². The molecule has 0 bridgehead atoms. The highest BCUT2D eigenvalue weighted by atomic mass is 79.9. The molecule has 0 saturated carbocycles. The molecule has 0 fully saturated rings. The van der Waals surface area contributed by atoms with E-state index in [1.165, 1.54) is 12.0 Å². The summed E-state index contributed by atoms with van der Waals surface area (Å²) < 4.78 is 6.03. The van der Waals surface area contributed by atoms with Crippen molar-refractivity contribution in [1.29, 1.82) is 0 Å². The molecule has 1 N–H and O–H groups in total. The second-order valence-electron chi connectivity index (χ2n) is 5.20. The van der Waals surface area contributed by atoms with Crippen molar-refractivity contribution in [3.05, 3.63) is 28.2 Å². The maximum absolute atomic E-state index is 12.4. The standard InChI is InChI=1S/C15H21BrN2O3/c1-10(2)8-17-14(19)9-18(3)15(20)12-6-5-11(16)7-13(12)21-4/h5-7,10H,8-9H2,1-4H3,(H,17,19). The van der Waals surface area contributed by atoms with Crippen LogP contribution in [0.25, 0.3) is 0 Å². The minimum Gasteiger partial charge on any atom is -0.496 e. The van der Waals surface area contributed by atoms with Gasteiger partial charge in [-0.25, -0.2) is 0 Å². The van der Waals surface area contributed by atoms with E-state index in [-0.39, 0.29) is 18.4 Å². The van der Waals surface area contributed by atoms with E-state index in [2.05, 4.69) is 21.2 Å². The summed E-state index contributed by atoms with van der Waals surface area (Å²) in [5.74, 6) is 0.431. The molecule has 2 amide bonds. The molecule has 0 spiro atoms. The number of nitrogens with zero attached hydrogens (tertiary/aromatic N) is 1. The van der Waals surface area contributed by atoms with E-state index in [9.17, 15) is 9.59 Å². The average Bonchev–Trinajstić information content (AvgIpc) is 2.44. The number of rotatable bonds is 6. The minimum absolute atomic E-state index is 0.0186. The van der Waals surface area contributed by atoms with Crippen LogP contribution in [-0.4, -0.2) is 44.0 Å². The van der Waals surface area contributed by atoms with E-state index in [1.54, 1.807) is 25.2 Å². The van der Waals surface area contributed by atoms with Gasteiger partial charge < -0.3 is 15.0 Å². The second kappa shape index (κ2) is 8.02. The van der Waals surface area contributed by atoms with Gasteiger partial charge in [-0.05, 0) is 24.1 Å². The molecule has 6 heteroatoms. The van der Waals surface area contributed by atoms with Crippen molar-refractivity contribution in [2.45, 2.75) is 13.8 Å². The van der Waals surface area contributed by atoms with Gasteiger partial charge in [0.25, 0.3) is 5.91 Å². The van der Waals surface area contributed by atoms with Crippen LogP contribution in [-0.2, 0) is 4.79 Å². The van der Waals surface area contributed by atoms with Gasteiger partial charge in [0.05, 0.1) is 19.2 Å². The van der Waals surface area contributed by atoms with Crippen LogP contribution in [0.2, 0.25) is 0 Å². The van der Waals surface area contributed by atoms with Crippen molar-refractivity contribution < 1.29 is 14.3 Å². The maximum Gasteiger partial charge on any atom is 0.257 e. The molecule has 0 aliphatic heterocycles. The van der Waals surface area contributed by atoms with Gasteiger partial charge in [-0.2, -0.15) is 0 Å². The molecule has 5 nitrogen and oxygen atoms in total. The Morgan fingerprint density at radius 2 is 2.05 bits per heavy atom. The molecule has 0 unspecified atom stereocenters. The van der Waals surface area contributed by atoms with Crippen molar-refractivity contribution in [2.24, 2.45) is 5.92 Å². The third kappa shape index (κ3) is 5.38. The van der Waals surface area contributed by atoms with Crippen molar-refractivity contribution in [1.82, 2.24) is 10.2 Å². The fourth-order valence-electron chi connectivity index (χ4n) is 1.71. The molecule has 0 aliphatic rings. The number of carbonyl (C=O) groups is 2. The van der Waals surface area contributed by atoms with Crippen molar-refractivity contribution in [3.8, 4) is 5.75 Å². The number of nitrogens with one attached hydrogen (secondary N) is 1. The monoisotopic (exact) mass is 356 g/mol. The molecule has 116 valence electrons. The molecule has 1 aromatic rings. The number of methoxy groups -OCH3 is 1. The molecular weight excluding hydrogens is 336 g/mol. The highest BCUT2D eigenvalue weighted by Crippen LogP contribution is 2.24. The lowest BCUT2D eigenvalue weighted by atomic mass is 10.1. The fourth-order valence-corrected chi connectivity index (χ4v) is 2.05. The van der Waals surface area contributed by atoms with Gasteiger partial charge in [0.2, 0.25) is 5.91 Å². The fraction of sp³-hybridized carbons (Fsp3) is 0.467. The largest absolute Gasteiger partial charge is 0.496 e. The normalized spacial score (nSPS) is 10.4. The first-order valence-electron chi connectivity index (χ1n) is 6.70. The summed E-state index contributed by atoms with van der Waals surface area (Å²) >= 11 is 3.33. The van der Waals surface area contributed by atoms with Crippen LogP contribution in [0.3, 0.4) is 0 Å². The van der Waals surface area contributed by atoms with Crippen LogP contribution in [0.5, 0.6) is 5.75 Å². The number of halogens is 1. The number of ether oxygens (including phenoxy) is 1. The Morgan fingerprint density at radius 3 is 2.62 bits per heavy atom. The van der Waals surface area contributed by atoms with Gasteiger partial charge in [0.15, 0.2) is 0 Å². The quantitative estimate of drug-likeness (QED) is 0.850. The zero-order valence-corrected chi connectivity index (χ0v) is 14.4. The Morgan fingerprint density at radius 1 is 1.38 bits per heavy atom. The number of carbonyl (C=O) groups excluding carboxylic acids is 2. The minimum atomic E-state index is -0.251. The van der Waals surface area contributed by atoms with Gasteiger partial charge >= 0.3 is 0 Å². The van der Waals surface area contributed by atoms with Crippen molar-refractivity contribution >= 4 is 27.7 Å². The summed E-state index contributed by atoms with van der Waals surface area (Å²) in [4.78, 5) is 25.5. The lowest BCUT2D eigenvalue weighted by molar-refractivity contribution is -0.121. The van der Waals surface area contributed by atoms with Crippen LogP contribution in [0.15, 0.2) is 22.7 Å². The third-order valence-corrected chi connectivity index (χ3v) is 3.32. The first kappa shape index (κ1) is 17.5. The Balaban J connectivity index is 2.72. The molecule has 0 aliphatic carbocycles. The summed E-state index contributed by atoms with van der Waals surface area (Å²) in [5.41, 5.74) is 0.430. The van der Waals surface area contributed by atoms with Crippen molar-refractivity contribution in [3.63, 3.8) is 0 Å². The van der Waals surface area contributed by atoms with Crippen LogP contribution in [0.1, 0.15) is 24.2 Å². The molecule has 21 heavy (non-hydrogen) atoms. The predicted molar refractivity (Wildman–Crippen MR) is 85.5 cm³/mol. The van der Waals surface area contributed by atoms with E-state index in [0.29, 0.717) is 23.8 Å². The van der Waals surface area contributed by atoms with Gasteiger partial charge in [0, 0.05) is 18.1 Å². The van der Waals surface area contributed by atoms with Gasteiger partial charge in [-0.3, -0.25) is 9.59 Å². The zero-order valence-electron chi connectivity index (χ0n) is 12.8. The number of hydrogen-bond donors (Lipinski definition) is 1. The summed E-state index contributed by atoms with van der Waals surface area (Å²) in [6.07, 6.45) is 0. The Bertz CT molecular complexity index is 518. The molecule has 0 aromatic heterocycles. The Kier molecular flexibility index (Phi) is 6.68. The molecular formula is C15H21BrN2O3. The average molecular weight is 357 g/mol. The van der Waals surface area contributed by atoms with Crippen molar-refractivity contribution in [2.75, 3.05) is 27.2 Å². The van der Waals surface area contributed by atoms with E-state index in [0.717, 1.165) is 4.47 Å². The van der Waals surface area contributed by atoms with Gasteiger partial charge in [-0.15, -0.1) is 0 Å². The Labute approximate surface area is 133 Å². The maximum atomic E-state index is 12.4. The van der Waals surface area contributed by atoms with E-state index >= 15 is 0 Å². The topological polar surface area (TPSA) is 58.6 Å². The first-order valence-corrected chi connectivity index (χ1v) is 7.50. The smallest absolute Gasteiger partial charge is 0.257 e. The number of hydrogen-bond acceptors (Lipinski definition) is 3. The van der Waals surface area contributed by atoms with Gasteiger partial charge in [-0.1, -0.05) is 29.8 Å². The molecule has 0 heterocycles. The second-order valence-corrected chi connectivity index (χ2v) is 6.12. The Hall–Kier alpha value is -1.56. The first-order chi connectivity index (χ1) is 9.85. The third-order valence-electron chi connectivity index (χ3n) is 2.83. The number of amides is 2. The number of benzene rings is 1. The zero-order chi connectivity index (χ0) is 16.0. The lowest BCUT2D eigenvalue weighted by Gasteiger charge is -2.18. The van der Waals surface area contributed by atoms with Crippen LogP contribution in [0.4, 0.5) is 0 Å². The van der Waals surface area contributed by atoms with Crippen LogP contribution in [0, 0.1) is 5.92 Å². The predicted octanol–water partition coefficient (Wildman–Crippen LogP) is 2.30. The molecule has 1 rings (SSSR count). The summed E-state index contributed by atoms with van der Waals surface area (Å²) in [6.45, 7) is 4.65. The summed E-state index contributed by atoms with van der Waals surface area (Å²) in [7, 11) is 3.10. The molecule has 0 radical (unpaired) electrons. The lowest BCUT2D eigenvalue weighted by Crippen LogP contribution is -2.39. The molecule has 0 saturated heterocycles.